The first-order valence-corrected chi connectivity index (χ1v) is 12.5. The molecule has 0 bridgehead atoms. The minimum Gasteiger partial charge on any atom is -0.379 e. The fourth-order valence-electron chi connectivity index (χ4n) is 3.97. The van der Waals surface area contributed by atoms with E-state index in [4.69, 9.17) is 4.74 Å². The van der Waals surface area contributed by atoms with Crippen LogP contribution >= 0.6 is 0 Å². The maximum Gasteiger partial charge on any atom is 0.243 e. The van der Waals surface area contributed by atoms with Crippen LogP contribution in [0.3, 0.4) is 0 Å². The SMILES string of the molecule is O=C(CC(c1ccccc1)c1ccccc1)NCc1ccc(S(=O)(=O)N2CCOCC2)cc1. The number of ether oxygens (including phenoxy) is 1. The lowest BCUT2D eigenvalue weighted by Gasteiger charge is -2.26. The first-order chi connectivity index (χ1) is 16.0. The zero-order chi connectivity index (χ0) is 23.1. The molecule has 1 heterocycles. The molecule has 3 aromatic rings. The molecule has 0 atom stereocenters. The third-order valence-corrected chi connectivity index (χ3v) is 7.73. The van der Waals surface area contributed by atoms with Gasteiger partial charge in [-0.25, -0.2) is 8.42 Å². The molecule has 7 heteroatoms. The van der Waals surface area contributed by atoms with Crippen LogP contribution in [0, 0.1) is 0 Å². The number of carbonyl (C=O) groups excluding carboxylic acids is 1. The van der Waals surface area contributed by atoms with Crippen molar-refractivity contribution in [2.45, 2.75) is 23.8 Å². The lowest BCUT2D eigenvalue weighted by atomic mass is 9.88. The number of benzene rings is 3. The van der Waals surface area contributed by atoms with E-state index in [9.17, 15) is 13.2 Å². The molecule has 0 saturated carbocycles. The van der Waals surface area contributed by atoms with Gasteiger partial charge >= 0.3 is 0 Å². The second-order valence-electron chi connectivity index (χ2n) is 8.02. The molecule has 1 aliphatic rings. The molecule has 4 rings (SSSR count). The van der Waals surface area contributed by atoms with E-state index in [0.717, 1.165) is 16.7 Å². The largest absolute Gasteiger partial charge is 0.379 e. The number of nitrogens with one attached hydrogen (secondary N) is 1. The molecule has 1 amide bonds. The van der Waals surface area contributed by atoms with Gasteiger partial charge in [-0.05, 0) is 28.8 Å². The van der Waals surface area contributed by atoms with Crippen LogP contribution in [0.4, 0.5) is 0 Å². The minimum atomic E-state index is -3.52. The van der Waals surface area contributed by atoms with E-state index in [1.165, 1.54) is 4.31 Å². The van der Waals surface area contributed by atoms with Gasteiger partial charge in [-0.3, -0.25) is 4.79 Å². The van der Waals surface area contributed by atoms with Crippen molar-refractivity contribution >= 4 is 15.9 Å². The Morgan fingerprint density at radius 1 is 0.848 bits per heavy atom. The molecule has 0 aliphatic carbocycles. The second kappa shape index (κ2) is 10.7. The van der Waals surface area contributed by atoms with E-state index in [1.807, 2.05) is 60.7 Å². The van der Waals surface area contributed by atoms with Crippen LogP contribution in [0.25, 0.3) is 0 Å². The summed E-state index contributed by atoms with van der Waals surface area (Å²) < 4.78 is 32.2. The summed E-state index contributed by atoms with van der Waals surface area (Å²) in [5.74, 6) is -0.0915. The van der Waals surface area contributed by atoms with Crippen molar-refractivity contribution < 1.29 is 17.9 Å². The summed E-state index contributed by atoms with van der Waals surface area (Å²) >= 11 is 0. The topological polar surface area (TPSA) is 75.7 Å². The molecule has 6 nitrogen and oxygen atoms in total. The number of amides is 1. The molecule has 0 spiro atoms. The van der Waals surface area contributed by atoms with Crippen LogP contribution in [-0.4, -0.2) is 44.9 Å². The highest BCUT2D eigenvalue weighted by molar-refractivity contribution is 7.89. The van der Waals surface area contributed by atoms with Crippen molar-refractivity contribution in [3.05, 3.63) is 102 Å². The number of rotatable bonds is 8. The first kappa shape index (κ1) is 23.2. The smallest absolute Gasteiger partial charge is 0.243 e. The van der Waals surface area contributed by atoms with E-state index in [0.29, 0.717) is 39.3 Å². The Hall–Kier alpha value is -3.00. The molecular weight excluding hydrogens is 436 g/mol. The van der Waals surface area contributed by atoms with Gasteiger partial charge < -0.3 is 10.1 Å². The number of morpholine rings is 1. The molecule has 33 heavy (non-hydrogen) atoms. The first-order valence-electron chi connectivity index (χ1n) is 11.1. The fraction of sp³-hybridized carbons (Fsp3) is 0.269. The summed E-state index contributed by atoms with van der Waals surface area (Å²) in [5.41, 5.74) is 3.04. The highest BCUT2D eigenvalue weighted by atomic mass is 32.2. The third kappa shape index (κ3) is 5.87. The van der Waals surface area contributed by atoms with Crippen molar-refractivity contribution in [1.29, 1.82) is 0 Å². The number of hydrogen-bond donors (Lipinski definition) is 1. The molecule has 3 aromatic carbocycles. The Kier molecular flexibility index (Phi) is 7.54. The Bertz CT molecular complexity index is 1100. The zero-order valence-electron chi connectivity index (χ0n) is 18.4. The van der Waals surface area contributed by atoms with Gasteiger partial charge in [-0.1, -0.05) is 72.8 Å². The number of sulfonamides is 1. The maximum absolute atomic E-state index is 12.8. The molecule has 1 saturated heterocycles. The minimum absolute atomic E-state index is 0.0339. The standard InChI is InChI=1S/C26H28N2O4S/c29-26(19-25(22-7-3-1-4-8-22)23-9-5-2-6-10-23)27-20-21-11-13-24(14-12-21)33(30,31)28-15-17-32-18-16-28/h1-14,25H,15-20H2,(H,27,29). The number of carbonyl (C=O) groups is 1. The summed E-state index contributed by atoms with van der Waals surface area (Å²) in [6, 6.07) is 26.7. The van der Waals surface area contributed by atoms with Crippen molar-refractivity contribution in [3.63, 3.8) is 0 Å². The molecular formula is C26H28N2O4S. The van der Waals surface area contributed by atoms with E-state index in [2.05, 4.69) is 5.32 Å². The summed E-state index contributed by atoms with van der Waals surface area (Å²) in [4.78, 5) is 13.0. The summed E-state index contributed by atoms with van der Waals surface area (Å²) in [6.45, 7) is 1.90. The summed E-state index contributed by atoms with van der Waals surface area (Å²) in [5, 5.41) is 2.98. The molecule has 0 unspecified atom stereocenters. The van der Waals surface area contributed by atoms with E-state index in [1.54, 1.807) is 24.3 Å². The van der Waals surface area contributed by atoms with Crippen molar-refractivity contribution in [2.24, 2.45) is 0 Å². The number of nitrogens with zero attached hydrogens (tertiary/aromatic N) is 1. The average Bonchev–Trinajstić information content (AvgIpc) is 2.88. The number of hydrogen-bond acceptors (Lipinski definition) is 4. The van der Waals surface area contributed by atoms with E-state index in [-0.39, 0.29) is 16.7 Å². The Balaban J connectivity index is 1.39. The van der Waals surface area contributed by atoms with Crippen LogP contribution in [0.1, 0.15) is 29.0 Å². The Morgan fingerprint density at radius 3 is 1.94 bits per heavy atom. The molecule has 1 fully saturated rings. The highest BCUT2D eigenvalue weighted by Gasteiger charge is 2.26. The quantitative estimate of drug-likeness (QED) is 0.553. The van der Waals surface area contributed by atoms with Gasteiger partial charge in [0.1, 0.15) is 0 Å². The molecule has 1 N–H and O–H groups in total. The van der Waals surface area contributed by atoms with Gasteiger partial charge in [-0.15, -0.1) is 0 Å². The average molecular weight is 465 g/mol. The predicted octanol–water partition coefficient (Wildman–Crippen LogP) is 3.55. The van der Waals surface area contributed by atoms with Crippen LogP contribution in [-0.2, 0) is 26.1 Å². The third-order valence-electron chi connectivity index (χ3n) is 5.81. The Labute approximate surface area is 195 Å². The Morgan fingerprint density at radius 2 is 1.39 bits per heavy atom. The summed E-state index contributed by atoms with van der Waals surface area (Å²) in [7, 11) is -3.52. The van der Waals surface area contributed by atoms with E-state index < -0.39 is 10.0 Å². The van der Waals surface area contributed by atoms with Crippen molar-refractivity contribution in [2.75, 3.05) is 26.3 Å². The second-order valence-corrected chi connectivity index (χ2v) is 9.95. The van der Waals surface area contributed by atoms with Gasteiger partial charge in [0, 0.05) is 32.0 Å². The zero-order valence-corrected chi connectivity index (χ0v) is 19.2. The predicted molar refractivity (Wildman–Crippen MR) is 127 cm³/mol. The lowest BCUT2D eigenvalue weighted by Crippen LogP contribution is -2.40. The van der Waals surface area contributed by atoms with Gasteiger partial charge in [-0.2, -0.15) is 4.31 Å². The van der Waals surface area contributed by atoms with Gasteiger partial charge in [0.15, 0.2) is 0 Å². The lowest BCUT2D eigenvalue weighted by molar-refractivity contribution is -0.121. The van der Waals surface area contributed by atoms with Crippen molar-refractivity contribution in [1.82, 2.24) is 9.62 Å². The van der Waals surface area contributed by atoms with Crippen LogP contribution in [0.15, 0.2) is 89.8 Å². The van der Waals surface area contributed by atoms with Gasteiger partial charge in [0.05, 0.1) is 18.1 Å². The molecule has 1 aliphatic heterocycles. The normalized spacial score (nSPS) is 14.8. The molecule has 0 radical (unpaired) electrons. The van der Waals surface area contributed by atoms with Gasteiger partial charge in [0.25, 0.3) is 0 Å². The maximum atomic E-state index is 12.8. The van der Waals surface area contributed by atoms with Crippen LogP contribution in [0.5, 0.6) is 0 Å². The molecule has 0 aromatic heterocycles. The summed E-state index contributed by atoms with van der Waals surface area (Å²) in [6.07, 6.45) is 0.331. The molecule has 172 valence electrons. The highest BCUT2D eigenvalue weighted by Crippen LogP contribution is 2.27. The van der Waals surface area contributed by atoms with Crippen LogP contribution < -0.4 is 5.32 Å². The van der Waals surface area contributed by atoms with Gasteiger partial charge in [0.2, 0.25) is 15.9 Å². The van der Waals surface area contributed by atoms with Crippen LogP contribution in [0.2, 0.25) is 0 Å². The monoisotopic (exact) mass is 464 g/mol. The fourth-order valence-corrected chi connectivity index (χ4v) is 5.38. The van der Waals surface area contributed by atoms with E-state index >= 15 is 0 Å². The van der Waals surface area contributed by atoms with Crippen molar-refractivity contribution in [3.8, 4) is 0 Å².